The molecule has 176 valence electrons. The van der Waals surface area contributed by atoms with Gasteiger partial charge in [0.2, 0.25) is 12.5 Å². The highest BCUT2D eigenvalue weighted by molar-refractivity contribution is 6.98. The lowest BCUT2D eigenvalue weighted by Gasteiger charge is -2.35. The molecule has 0 N–H and O–H groups in total. The second kappa shape index (κ2) is 7.13. The summed E-state index contributed by atoms with van der Waals surface area (Å²) in [5, 5.41) is 2.58. The van der Waals surface area contributed by atoms with Gasteiger partial charge < -0.3 is 0 Å². The molecule has 0 spiro atoms. The van der Waals surface area contributed by atoms with E-state index in [4.69, 9.17) is 4.98 Å². The molecule has 2 aromatic heterocycles. The van der Waals surface area contributed by atoms with E-state index in [0.29, 0.717) is 0 Å². The van der Waals surface area contributed by atoms with Gasteiger partial charge in [0.1, 0.15) is 0 Å². The summed E-state index contributed by atoms with van der Waals surface area (Å²) in [4.78, 5) is 5.24. The van der Waals surface area contributed by atoms with Crippen LogP contribution in [0.3, 0.4) is 0 Å². The van der Waals surface area contributed by atoms with Gasteiger partial charge in [-0.2, -0.15) is 0 Å². The molecule has 0 aliphatic carbocycles. The summed E-state index contributed by atoms with van der Waals surface area (Å²) in [5.74, 6) is 0.965. The van der Waals surface area contributed by atoms with Crippen molar-refractivity contribution in [3.8, 4) is 5.69 Å². The maximum absolute atomic E-state index is 5.24. The molecule has 1 aliphatic heterocycles. The van der Waals surface area contributed by atoms with E-state index in [2.05, 4.69) is 133 Å². The Balaban J connectivity index is 1.72. The summed E-state index contributed by atoms with van der Waals surface area (Å²) >= 11 is 0. The fourth-order valence-corrected chi connectivity index (χ4v) is 6.57. The van der Waals surface area contributed by atoms with Gasteiger partial charge in [0.25, 0.3) is 0 Å². The number of hydrogen-bond donors (Lipinski definition) is 0. The number of fused-ring (bicyclic) bond motifs is 7. The van der Waals surface area contributed by atoms with E-state index in [1.165, 1.54) is 49.4 Å². The maximum atomic E-state index is 5.24. The van der Waals surface area contributed by atoms with E-state index >= 15 is 0 Å². The molecule has 5 aromatic carbocycles. The topological polar surface area (TPSA) is 22.2 Å². The monoisotopic (exact) mass is 475 g/mol. The predicted molar refractivity (Wildman–Crippen MR) is 157 cm³/mol. The lowest BCUT2D eigenvalue weighted by molar-refractivity contribution is 0.595. The Morgan fingerprint density at radius 2 is 1.46 bits per heavy atom. The lowest BCUT2D eigenvalue weighted by atomic mass is 9.34. The fourth-order valence-electron chi connectivity index (χ4n) is 6.57. The highest BCUT2D eigenvalue weighted by Gasteiger charge is 2.38. The van der Waals surface area contributed by atoms with Crippen LogP contribution in [0.4, 0.5) is 0 Å². The first-order valence-electron chi connectivity index (χ1n) is 13.0. The Kier molecular flexibility index (Phi) is 4.02. The van der Waals surface area contributed by atoms with E-state index in [0.717, 1.165) is 16.8 Å². The zero-order valence-electron chi connectivity index (χ0n) is 21.2. The van der Waals surface area contributed by atoms with Crippen LogP contribution >= 0.6 is 0 Å². The van der Waals surface area contributed by atoms with Gasteiger partial charge in [-0.1, -0.05) is 105 Å². The molecule has 0 saturated carbocycles. The highest BCUT2D eigenvalue weighted by Crippen LogP contribution is 2.37. The molecular weight excluding hydrogens is 449 g/mol. The summed E-state index contributed by atoms with van der Waals surface area (Å²) in [6.45, 7) is 7.16. The average Bonchev–Trinajstić information content (AvgIpc) is 3.31. The third-order valence-electron chi connectivity index (χ3n) is 8.08. The van der Waals surface area contributed by atoms with Crippen molar-refractivity contribution in [3.05, 3.63) is 109 Å². The number of benzene rings is 5. The van der Waals surface area contributed by atoms with Crippen LogP contribution in [0.15, 0.2) is 103 Å². The van der Waals surface area contributed by atoms with Crippen LogP contribution in [-0.4, -0.2) is 20.7 Å². The van der Waals surface area contributed by atoms with E-state index in [1.54, 1.807) is 0 Å². The van der Waals surface area contributed by atoms with Gasteiger partial charge in [-0.15, -0.1) is 0 Å². The van der Waals surface area contributed by atoms with Crippen molar-refractivity contribution < 1.29 is 0 Å². The number of para-hydroxylation sites is 3. The number of hydrogen-bond acceptors (Lipinski definition) is 1. The Hall–Kier alpha value is -4.31. The van der Waals surface area contributed by atoms with Crippen molar-refractivity contribution >= 4 is 61.7 Å². The first kappa shape index (κ1) is 20.8. The Morgan fingerprint density at radius 3 is 2.30 bits per heavy atom. The number of imidazole rings is 1. The first-order valence-corrected chi connectivity index (χ1v) is 13.0. The van der Waals surface area contributed by atoms with Crippen LogP contribution in [-0.2, 0) is 5.41 Å². The molecule has 1 aliphatic rings. The van der Waals surface area contributed by atoms with Crippen LogP contribution in [0.25, 0.3) is 44.3 Å². The second-order valence-electron chi connectivity index (χ2n) is 11.3. The third kappa shape index (κ3) is 2.70. The quantitative estimate of drug-likeness (QED) is 0.279. The third-order valence-corrected chi connectivity index (χ3v) is 8.08. The standard InChI is InChI=1S/C33H26BN3/c1-33(2,3)23-20-21-12-11-19-28-29(21)31-30(23)34(22-13-5-4-6-14-22)24-15-7-9-17-26(24)37(31)32-35-25-16-8-10-18-27(25)36(28)32/h4-20H,1-3H3. The maximum Gasteiger partial charge on any atom is 0.247 e. The Labute approximate surface area is 216 Å². The van der Waals surface area contributed by atoms with Crippen LogP contribution in [0.2, 0.25) is 0 Å². The van der Waals surface area contributed by atoms with Gasteiger partial charge in [0.15, 0.2) is 0 Å². The second-order valence-corrected chi connectivity index (χ2v) is 11.3. The van der Waals surface area contributed by atoms with E-state index in [1.807, 2.05) is 0 Å². The predicted octanol–water partition coefficient (Wildman–Crippen LogP) is 5.71. The molecule has 4 heteroatoms. The van der Waals surface area contributed by atoms with Gasteiger partial charge in [-0.05, 0) is 51.6 Å². The SMILES string of the molecule is CC(C)(C)c1cc2cccc3c2c2c1B(c1ccccc1)c1ccccc1-n2c1nc2ccccc2n31. The van der Waals surface area contributed by atoms with Gasteiger partial charge in [-0.3, -0.25) is 8.97 Å². The van der Waals surface area contributed by atoms with Crippen LogP contribution < -0.4 is 16.4 Å². The zero-order chi connectivity index (χ0) is 24.9. The van der Waals surface area contributed by atoms with Crippen LogP contribution in [0.1, 0.15) is 26.3 Å². The van der Waals surface area contributed by atoms with Crippen LogP contribution in [0, 0.1) is 0 Å². The van der Waals surface area contributed by atoms with Crippen molar-refractivity contribution in [2.24, 2.45) is 0 Å². The number of rotatable bonds is 1. The average molecular weight is 475 g/mol. The van der Waals surface area contributed by atoms with Crippen molar-refractivity contribution in [2.45, 2.75) is 26.2 Å². The molecule has 0 unspecified atom stereocenters. The summed E-state index contributed by atoms with van der Waals surface area (Å²) in [7, 11) is 0. The minimum atomic E-state index is -0.0292. The summed E-state index contributed by atoms with van der Waals surface area (Å²) in [5.41, 5.74) is 11.3. The van der Waals surface area contributed by atoms with Gasteiger partial charge in [0.05, 0.1) is 22.1 Å². The molecule has 7 aromatic rings. The minimum Gasteiger partial charge on any atom is -0.281 e. The lowest BCUT2D eigenvalue weighted by Crippen LogP contribution is -2.58. The first-order chi connectivity index (χ1) is 18.0. The molecule has 0 saturated heterocycles. The largest absolute Gasteiger partial charge is 0.281 e. The normalized spacial score (nSPS) is 13.2. The number of aromatic nitrogens is 3. The van der Waals surface area contributed by atoms with Crippen LogP contribution in [0.5, 0.6) is 0 Å². The smallest absolute Gasteiger partial charge is 0.247 e. The molecule has 3 nitrogen and oxygen atoms in total. The molecule has 0 fully saturated rings. The number of nitrogens with zero attached hydrogens (tertiary/aromatic N) is 3. The fraction of sp³-hybridized carbons (Fsp3) is 0.121. The molecule has 3 heterocycles. The van der Waals surface area contributed by atoms with Crippen molar-refractivity contribution in [3.63, 3.8) is 0 Å². The zero-order valence-corrected chi connectivity index (χ0v) is 21.2. The molecule has 0 amide bonds. The Bertz CT molecular complexity index is 2020. The molecular formula is C33H26BN3. The summed E-state index contributed by atoms with van der Waals surface area (Å²) < 4.78 is 4.79. The molecule has 8 rings (SSSR count). The van der Waals surface area contributed by atoms with E-state index < -0.39 is 0 Å². The molecule has 0 bridgehead atoms. The van der Waals surface area contributed by atoms with Gasteiger partial charge in [0, 0.05) is 11.1 Å². The highest BCUT2D eigenvalue weighted by atomic mass is 15.2. The molecule has 0 atom stereocenters. The van der Waals surface area contributed by atoms with E-state index in [9.17, 15) is 0 Å². The summed E-state index contributed by atoms with van der Waals surface area (Å²) in [6, 6.07) is 37.6. The molecule has 37 heavy (non-hydrogen) atoms. The van der Waals surface area contributed by atoms with Gasteiger partial charge >= 0.3 is 0 Å². The van der Waals surface area contributed by atoms with Crippen molar-refractivity contribution in [2.75, 3.05) is 0 Å². The Morgan fingerprint density at radius 1 is 0.730 bits per heavy atom. The minimum absolute atomic E-state index is 0.0292. The summed E-state index contributed by atoms with van der Waals surface area (Å²) in [6.07, 6.45) is 0. The van der Waals surface area contributed by atoms with Crippen molar-refractivity contribution in [1.29, 1.82) is 0 Å². The van der Waals surface area contributed by atoms with E-state index in [-0.39, 0.29) is 12.1 Å². The molecule has 0 radical (unpaired) electrons. The van der Waals surface area contributed by atoms with Gasteiger partial charge in [-0.25, -0.2) is 4.98 Å². The van der Waals surface area contributed by atoms with Crippen molar-refractivity contribution in [1.82, 2.24) is 14.0 Å².